The normalized spacial score (nSPS) is 22.8. The number of hydrogen-bond donors (Lipinski definition) is 0. The summed E-state index contributed by atoms with van der Waals surface area (Å²) >= 11 is 0. The molecule has 0 radical (unpaired) electrons. The highest BCUT2D eigenvalue weighted by atomic mass is 14.4. The van der Waals surface area contributed by atoms with E-state index in [1.54, 1.807) is 11.1 Å². The summed E-state index contributed by atoms with van der Waals surface area (Å²) in [4.78, 5) is 0. The molecule has 32 heavy (non-hydrogen) atoms. The predicted octanol–water partition coefficient (Wildman–Crippen LogP) is 8.82. The average Bonchev–Trinajstić information content (AvgIpc) is 3.09. The van der Waals surface area contributed by atoms with Gasteiger partial charge in [-0.05, 0) is 73.8 Å². The van der Waals surface area contributed by atoms with Crippen LogP contribution in [-0.2, 0) is 6.42 Å². The highest BCUT2D eigenvalue weighted by Gasteiger charge is 2.41. The van der Waals surface area contributed by atoms with Gasteiger partial charge < -0.3 is 0 Å². The number of aryl methyl sites for hydroxylation is 2. The molecule has 0 N–H and O–H groups in total. The summed E-state index contributed by atoms with van der Waals surface area (Å²) in [5, 5.41) is 0. The quantitative estimate of drug-likeness (QED) is 0.436. The number of allylic oxidation sites excluding steroid dienone is 7. The minimum atomic E-state index is 0.403. The molecule has 1 saturated carbocycles. The molecule has 2 aliphatic rings. The second-order valence-electron chi connectivity index (χ2n) is 9.98. The summed E-state index contributed by atoms with van der Waals surface area (Å²) < 4.78 is 0. The van der Waals surface area contributed by atoms with Crippen LogP contribution in [0.5, 0.6) is 0 Å². The number of benzene rings is 2. The largest absolute Gasteiger partial charge is 0.0949 e. The molecule has 0 spiro atoms. The van der Waals surface area contributed by atoms with Crippen LogP contribution in [-0.4, -0.2) is 0 Å². The van der Waals surface area contributed by atoms with Gasteiger partial charge in [-0.3, -0.25) is 0 Å². The van der Waals surface area contributed by atoms with E-state index in [1.807, 2.05) is 0 Å². The van der Waals surface area contributed by atoms with Crippen LogP contribution in [0.4, 0.5) is 0 Å². The molecule has 0 aromatic heterocycles. The summed E-state index contributed by atoms with van der Waals surface area (Å²) in [6, 6.07) is 18.0. The van der Waals surface area contributed by atoms with Crippen LogP contribution in [0.3, 0.4) is 0 Å². The summed E-state index contributed by atoms with van der Waals surface area (Å²) in [6.07, 6.45) is 9.45. The fraction of sp³-hybridized carbons (Fsp3) is 0.375. The van der Waals surface area contributed by atoms with Gasteiger partial charge in [-0.15, -0.1) is 0 Å². The van der Waals surface area contributed by atoms with Gasteiger partial charge in [0.15, 0.2) is 0 Å². The van der Waals surface area contributed by atoms with Crippen molar-refractivity contribution in [1.29, 1.82) is 0 Å². The van der Waals surface area contributed by atoms with E-state index in [2.05, 4.69) is 102 Å². The Morgan fingerprint density at radius 2 is 1.78 bits per heavy atom. The Morgan fingerprint density at radius 1 is 1.03 bits per heavy atom. The molecule has 2 aromatic carbocycles. The monoisotopic (exact) mass is 422 g/mol. The molecule has 0 heterocycles. The third kappa shape index (κ3) is 4.33. The minimum absolute atomic E-state index is 0.403. The second kappa shape index (κ2) is 9.49. The molecular weight excluding hydrogens is 384 g/mol. The maximum atomic E-state index is 4.68. The lowest BCUT2D eigenvalue weighted by atomic mass is 9.67. The molecule has 4 rings (SSSR count). The maximum absolute atomic E-state index is 4.68. The second-order valence-corrected chi connectivity index (χ2v) is 9.98. The van der Waals surface area contributed by atoms with Crippen molar-refractivity contribution in [2.24, 2.45) is 11.8 Å². The molecule has 3 unspecified atom stereocenters. The molecule has 0 nitrogen and oxygen atoms in total. The highest BCUT2D eigenvalue weighted by Crippen LogP contribution is 2.55. The van der Waals surface area contributed by atoms with Crippen LogP contribution in [0.2, 0.25) is 0 Å². The number of fused-ring (bicyclic) bond motifs is 1. The lowest BCUT2D eigenvalue weighted by Gasteiger charge is -2.36. The van der Waals surface area contributed by atoms with Crippen molar-refractivity contribution in [3.8, 4) is 0 Å². The SMILES string of the molecule is C=C1C(=CCc2cc(C)ccc2C)CC2=CC(C)=C(C(C)CCC)C(c3ccccc3)C12. The van der Waals surface area contributed by atoms with Crippen LogP contribution in [0.25, 0.3) is 0 Å². The van der Waals surface area contributed by atoms with Crippen molar-refractivity contribution in [3.63, 3.8) is 0 Å². The summed E-state index contributed by atoms with van der Waals surface area (Å²) in [6.45, 7) is 16.1. The van der Waals surface area contributed by atoms with E-state index < -0.39 is 0 Å². The third-order valence-corrected chi connectivity index (χ3v) is 7.59. The predicted molar refractivity (Wildman–Crippen MR) is 139 cm³/mol. The number of hydrogen-bond acceptors (Lipinski definition) is 0. The van der Waals surface area contributed by atoms with Gasteiger partial charge in [-0.1, -0.05) is 110 Å². The zero-order valence-electron chi connectivity index (χ0n) is 20.5. The van der Waals surface area contributed by atoms with Crippen LogP contribution in [0, 0.1) is 25.7 Å². The van der Waals surface area contributed by atoms with E-state index in [1.165, 1.54) is 51.8 Å². The standard InChI is InChI=1S/C32H38/c1-7-11-23(4)30-24(5)19-29-20-28(17-16-27-18-21(2)14-15-22(27)3)25(6)31(29)32(30)26-12-9-8-10-13-26/h8-10,12-15,17-19,23,31-32H,6-7,11,16,20H2,1-5H3. The van der Waals surface area contributed by atoms with Gasteiger partial charge in [0.05, 0.1) is 0 Å². The van der Waals surface area contributed by atoms with E-state index in [9.17, 15) is 0 Å². The van der Waals surface area contributed by atoms with E-state index in [0.717, 1.165) is 12.8 Å². The van der Waals surface area contributed by atoms with Gasteiger partial charge in [-0.25, -0.2) is 0 Å². The molecule has 0 amide bonds. The Hall–Kier alpha value is -2.60. The van der Waals surface area contributed by atoms with Gasteiger partial charge in [0, 0.05) is 11.8 Å². The molecule has 0 saturated heterocycles. The van der Waals surface area contributed by atoms with Crippen molar-refractivity contribution < 1.29 is 0 Å². The molecular formula is C32H38. The van der Waals surface area contributed by atoms with Crippen molar-refractivity contribution in [3.05, 3.63) is 117 Å². The Balaban J connectivity index is 1.71. The van der Waals surface area contributed by atoms with Gasteiger partial charge >= 0.3 is 0 Å². The maximum Gasteiger partial charge on any atom is 0.0163 e. The van der Waals surface area contributed by atoms with E-state index in [-0.39, 0.29) is 0 Å². The molecule has 0 aliphatic heterocycles. The van der Waals surface area contributed by atoms with Gasteiger partial charge in [0.1, 0.15) is 0 Å². The minimum Gasteiger partial charge on any atom is -0.0949 e. The highest BCUT2D eigenvalue weighted by molar-refractivity contribution is 5.57. The van der Waals surface area contributed by atoms with Crippen molar-refractivity contribution >= 4 is 0 Å². The fourth-order valence-corrected chi connectivity index (χ4v) is 5.98. The lowest BCUT2D eigenvalue weighted by Crippen LogP contribution is -2.23. The Labute approximate surface area is 195 Å². The van der Waals surface area contributed by atoms with Crippen LogP contribution in [0.1, 0.15) is 68.2 Å². The van der Waals surface area contributed by atoms with Crippen LogP contribution >= 0.6 is 0 Å². The zero-order valence-corrected chi connectivity index (χ0v) is 20.5. The molecule has 0 bridgehead atoms. The van der Waals surface area contributed by atoms with Crippen LogP contribution < -0.4 is 0 Å². The van der Waals surface area contributed by atoms with Gasteiger partial charge in [-0.2, -0.15) is 0 Å². The van der Waals surface area contributed by atoms with Crippen molar-refractivity contribution in [2.75, 3.05) is 0 Å². The van der Waals surface area contributed by atoms with E-state index >= 15 is 0 Å². The fourth-order valence-electron chi connectivity index (χ4n) is 5.98. The third-order valence-electron chi connectivity index (χ3n) is 7.59. The Bertz CT molecular complexity index is 1090. The Kier molecular flexibility index (Phi) is 6.70. The molecule has 2 aliphatic carbocycles. The lowest BCUT2D eigenvalue weighted by molar-refractivity contribution is 0.502. The summed E-state index contributed by atoms with van der Waals surface area (Å²) in [5.74, 6) is 1.41. The first-order valence-corrected chi connectivity index (χ1v) is 12.3. The van der Waals surface area contributed by atoms with Crippen molar-refractivity contribution in [1.82, 2.24) is 0 Å². The zero-order chi connectivity index (χ0) is 22.8. The first-order chi connectivity index (χ1) is 15.4. The van der Waals surface area contributed by atoms with E-state index in [0.29, 0.717) is 17.8 Å². The molecule has 166 valence electrons. The molecule has 3 atom stereocenters. The first-order valence-electron chi connectivity index (χ1n) is 12.3. The first kappa shape index (κ1) is 22.6. The summed E-state index contributed by atoms with van der Waals surface area (Å²) in [7, 11) is 0. The number of rotatable bonds is 6. The molecule has 0 heteroatoms. The molecule has 2 aromatic rings. The smallest absolute Gasteiger partial charge is 0.0163 e. The average molecular weight is 423 g/mol. The van der Waals surface area contributed by atoms with Crippen molar-refractivity contribution in [2.45, 2.75) is 66.2 Å². The van der Waals surface area contributed by atoms with Gasteiger partial charge in [0.25, 0.3) is 0 Å². The summed E-state index contributed by atoms with van der Waals surface area (Å²) in [5.41, 5.74) is 13.0. The topological polar surface area (TPSA) is 0 Å². The Morgan fingerprint density at radius 3 is 2.50 bits per heavy atom. The van der Waals surface area contributed by atoms with E-state index in [4.69, 9.17) is 0 Å². The van der Waals surface area contributed by atoms with Gasteiger partial charge in [0.2, 0.25) is 0 Å². The molecule has 1 fully saturated rings. The van der Waals surface area contributed by atoms with Crippen LogP contribution in [0.15, 0.2) is 95.1 Å².